The highest BCUT2D eigenvalue weighted by Gasteiger charge is 2.16. The number of rotatable bonds is 7. The van der Waals surface area contributed by atoms with Crippen molar-refractivity contribution in [2.24, 2.45) is 17.6 Å². The van der Waals surface area contributed by atoms with Crippen molar-refractivity contribution in [2.45, 2.75) is 46.6 Å². The zero-order valence-corrected chi connectivity index (χ0v) is 13.3. The smallest absolute Gasteiger partial charge is 0.125 e. The van der Waals surface area contributed by atoms with Crippen LogP contribution in [0.4, 0.5) is 4.39 Å². The van der Waals surface area contributed by atoms with Gasteiger partial charge in [0.05, 0.1) is 11.0 Å². The molecule has 1 atom stereocenters. The van der Waals surface area contributed by atoms with E-state index >= 15 is 0 Å². The van der Waals surface area contributed by atoms with Gasteiger partial charge in [-0.25, -0.2) is 9.37 Å². The van der Waals surface area contributed by atoms with E-state index in [9.17, 15) is 4.39 Å². The molecule has 0 saturated carbocycles. The number of benzene rings is 1. The summed E-state index contributed by atoms with van der Waals surface area (Å²) >= 11 is 0. The lowest BCUT2D eigenvalue weighted by Gasteiger charge is -2.20. The van der Waals surface area contributed by atoms with E-state index in [4.69, 9.17) is 5.73 Å². The summed E-state index contributed by atoms with van der Waals surface area (Å²) in [5.74, 6) is 2.08. The van der Waals surface area contributed by atoms with Crippen LogP contribution in [0.15, 0.2) is 18.2 Å². The van der Waals surface area contributed by atoms with Crippen LogP contribution >= 0.6 is 0 Å². The highest BCUT2D eigenvalue weighted by atomic mass is 19.1. The van der Waals surface area contributed by atoms with E-state index in [-0.39, 0.29) is 5.82 Å². The molecule has 0 bridgehead atoms. The first kappa shape index (κ1) is 16.0. The zero-order chi connectivity index (χ0) is 15.4. The highest BCUT2D eigenvalue weighted by Crippen LogP contribution is 2.23. The second-order valence-corrected chi connectivity index (χ2v) is 6.03. The first-order chi connectivity index (χ1) is 10.1. The van der Waals surface area contributed by atoms with E-state index < -0.39 is 0 Å². The SMILES string of the molecule is CCn1c(CCC(CCN)C(C)C)nc2cc(F)ccc21. The van der Waals surface area contributed by atoms with Crippen molar-refractivity contribution >= 4 is 11.0 Å². The standard InChI is InChI=1S/C17H26FN3/c1-4-21-16-7-6-14(18)11-15(16)20-17(21)8-5-13(9-10-19)12(2)3/h6-7,11-13H,4-5,8-10,19H2,1-3H3. The fourth-order valence-corrected chi connectivity index (χ4v) is 3.04. The summed E-state index contributed by atoms with van der Waals surface area (Å²) in [6, 6.07) is 4.85. The van der Waals surface area contributed by atoms with Crippen molar-refractivity contribution in [1.29, 1.82) is 0 Å². The van der Waals surface area contributed by atoms with Crippen LogP contribution in [0, 0.1) is 17.7 Å². The van der Waals surface area contributed by atoms with Crippen LogP contribution in [0.25, 0.3) is 11.0 Å². The van der Waals surface area contributed by atoms with E-state index in [1.165, 1.54) is 12.1 Å². The van der Waals surface area contributed by atoms with Crippen molar-refractivity contribution in [3.05, 3.63) is 29.8 Å². The molecule has 1 aromatic carbocycles. The van der Waals surface area contributed by atoms with Gasteiger partial charge < -0.3 is 10.3 Å². The molecule has 1 unspecified atom stereocenters. The second kappa shape index (κ2) is 7.03. The number of nitrogens with two attached hydrogens (primary N) is 1. The van der Waals surface area contributed by atoms with Gasteiger partial charge in [0.25, 0.3) is 0 Å². The summed E-state index contributed by atoms with van der Waals surface area (Å²) in [6.07, 6.45) is 3.06. The minimum Gasteiger partial charge on any atom is -0.330 e. The first-order valence-electron chi connectivity index (χ1n) is 7.91. The third kappa shape index (κ3) is 3.62. The van der Waals surface area contributed by atoms with Gasteiger partial charge in [0.15, 0.2) is 0 Å². The average Bonchev–Trinajstić information content (AvgIpc) is 2.79. The molecular formula is C17H26FN3. The van der Waals surface area contributed by atoms with Crippen LogP contribution in [-0.4, -0.2) is 16.1 Å². The number of fused-ring (bicyclic) bond motifs is 1. The van der Waals surface area contributed by atoms with Crippen molar-refractivity contribution in [3.8, 4) is 0 Å². The Hall–Kier alpha value is -1.42. The summed E-state index contributed by atoms with van der Waals surface area (Å²) in [5.41, 5.74) is 7.49. The quantitative estimate of drug-likeness (QED) is 0.844. The number of nitrogens with zero attached hydrogens (tertiary/aromatic N) is 2. The van der Waals surface area contributed by atoms with Gasteiger partial charge in [-0.3, -0.25) is 0 Å². The van der Waals surface area contributed by atoms with E-state index in [2.05, 4.69) is 30.3 Å². The Balaban J connectivity index is 2.21. The molecule has 0 aliphatic rings. The van der Waals surface area contributed by atoms with E-state index in [0.29, 0.717) is 11.8 Å². The zero-order valence-electron chi connectivity index (χ0n) is 13.3. The van der Waals surface area contributed by atoms with Gasteiger partial charge in [-0.15, -0.1) is 0 Å². The second-order valence-electron chi connectivity index (χ2n) is 6.03. The molecule has 0 spiro atoms. The topological polar surface area (TPSA) is 43.8 Å². The Morgan fingerprint density at radius 3 is 2.67 bits per heavy atom. The molecule has 21 heavy (non-hydrogen) atoms. The van der Waals surface area contributed by atoms with Crippen LogP contribution in [0.2, 0.25) is 0 Å². The van der Waals surface area contributed by atoms with Crippen molar-refractivity contribution < 1.29 is 4.39 Å². The summed E-state index contributed by atoms with van der Waals surface area (Å²) in [6.45, 7) is 8.20. The predicted molar refractivity (Wildman–Crippen MR) is 85.7 cm³/mol. The number of aryl methyl sites for hydroxylation is 2. The molecule has 116 valence electrons. The molecule has 1 aromatic heterocycles. The van der Waals surface area contributed by atoms with Crippen LogP contribution in [0.3, 0.4) is 0 Å². The Morgan fingerprint density at radius 2 is 2.05 bits per heavy atom. The fourth-order valence-electron chi connectivity index (χ4n) is 3.04. The average molecular weight is 291 g/mol. The lowest BCUT2D eigenvalue weighted by molar-refractivity contribution is 0.338. The molecule has 1 heterocycles. The Bertz CT molecular complexity index is 589. The van der Waals surface area contributed by atoms with Crippen molar-refractivity contribution in [3.63, 3.8) is 0 Å². The third-order valence-electron chi connectivity index (χ3n) is 4.32. The molecule has 4 heteroatoms. The summed E-state index contributed by atoms with van der Waals surface area (Å²) in [7, 11) is 0. The highest BCUT2D eigenvalue weighted by molar-refractivity contribution is 5.76. The molecule has 3 nitrogen and oxygen atoms in total. The van der Waals surface area contributed by atoms with Gasteiger partial charge in [0.1, 0.15) is 11.6 Å². The number of hydrogen-bond acceptors (Lipinski definition) is 2. The molecule has 2 rings (SSSR count). The third-order valence-corrected chi connectivity index (χ3v) is 4.32. The Morgan fingerprint density at radius 1 is 1.29 bits per heavy atom. The van der Waals surface area contributed by atoms with E-state index in [1.807, 2.05) is 6.07 Å². The number of hydrogen-bond donors (Lipinski definition) is 1. The van der Waals surface area contributed by atoms with Gasteiger partial charge in [0, 0.05) is 19.0 Å². The van der Waals surface area contributed by atoms with Crippen LogP contribution in [0.5, 0.6) is 0 Å². The van der Waals surface area contributed by atoms with E-state index in [0.717, 1.165) is 49.2 Å². The molecule has 0 saturated heterocycles. The van der Waals surface area contributed by atoms with Gasteiger partial charge >= 0.3 is 0 Å². The minimum absolute atomic E-state index is 0.224. The summed E-state index contributed by atoms with van der Waals surface area (Å²) in [4.78, 5) is 4.63. The Kier molecular flexibility index (Phi) is 5.34. The molecule has 0 fully saturated rings. The van der Waals surface area contributed by atoms with Gasteiger partial charge in [-0.2, -0.15) is 0 Å². The molecular weight excluding hydrogens is 265 g/mol. The maximum absolute atomic E-state index is 13.3. The first-order valence-corrected chi connectivity index (χ1v) is 7.91. The van der Waals surface area contributed by atoms with E-state index in [1.54, 1.807) is 0 Å². The summed E-state index contributed by atoms with van der Waals surface area (Å²) < 4.78 is 15.5. The fraction of sp³-hybridized carbons (Fsp3) is 0.588. The maximum Gasteiger partial charge on any atom is 0.125 e. The summed E-state index contributed by atoms with van der Waals surface area (Å²) in [5, 5.41) is 0. The van der Waals surface area contributed by atoms with Crippen molar-refractivity contribution in [2.75, 3.05) is 6.54 Å². The van der Waals surface area contributed by atoms with Crippen LogP contribution < -0.4 is 5.73 Å². The molecule has 0 aliphatic carbocycles. The largest absolute Gasteiger partial charge is 0.330 e. The minimum atomic E-state index is -0.224. The molecule has 2 N–H and O–H groups in total. The Labute approximate surface area is 126 Å². The van der Waals surface area contributed by atoms with Crippen molar-refractivity contribution in [1.82, 2.24) is 9.55 Å². The van der Waals surface area contributed by atoms with Gasteiger partial charge in [-0.05, 0) is 50.3 Å². The van der Waals surface area contributed by atoms with Crippen LogP contribution in [-0.2, 0) is 13.0 Å². The monoisotopic (exact) mass is 291 g/mol. The number of aromatic nitrogens is 2. The number of halogens is 1. The van der Waals surface area contributed by atoms with Gasteiger partial charge in [-0.1, -0.05) is 13.8 Å². The molecule has 2 aromatic rings. The lowest BCUT2D eigenvalue weighted by atomic mass is 9.88. The normalized spacial score (nSPS) is 13.2. The maximum atomic E-state index is 13.3. The molecule has 0 aliphatic heterocycles. The van der Waals surface area contributed by atoms with Gasteiger partial charge in [0.2, 0.25) is 0 Å². The van der Waals surface area contributed by atoms with Crippen LogP contribution in [0.1, 0.15) is 39.4 Å². The predicted octanol–water partition coefficient (Wildman–Crippen LogP) is 3.75. The molecule has 0 radical (unpaired) electrons. The number of imidazole rings is 1. The molecule has 0 amide bonds. The lowest BCUT2D eigenvalue weighted by Crippen LogP contribution is -2.16.